The highest BCUT2D eigenvalue weighted by atomic mass is 19.1. The summed E-state index contributed by atoms with van der Waals surface area (Å²) in [5, 5.41) is 0. The number of carbonyl (C=O) groups is 1. The normalized spacial score (nSPS) is 25.2. The Kier molecular flexibility index (Phi) is 4.15. The lowest BCUT2D eigenvalue weighted by atomic mass is 10.0. The number of carbonyl (C=O) groups excluding carboxylic acids is 1. The van der Waals surface area contributed by atoms with Crippen molar-refractivity contribution in [2.75, 3.05) is 13.7 Å². The first-order valence-electron chi connectivity index (χ1n) is 4.57. The molecule has 1 heterocycles. The summed E-state index contributed by atoms with van der Waals surface area (Å²) >= 11 is 0. The predicted octanol–water partition coefficient (Wildman–Crippen LogP) is 1.46. The van der Waals surface area contributed by atoms with Crippen LogP contribution in [0.3, 0.4) is 0 Å². The van der Waals surface area contributed by atoms with E-state index in [0.29, 0.717) is 6.61 Å². The molecule has 0 N–H and O–H groups in total. The van der Waals surface area contributed by atoms with Gasteiger partial charge in [-0.1, -0.05) is 0 Å². The van der Waals surface area contributed by atoms with Crippen LogP contribution in [0.25, 0.3) is 0 Å². The van der Waals surface area contributed by atoms with Gasteiger partial charge >= 0.3 is 5.97 Å². The number of methoxy groups -OCH3 is 1. The molecule has 0 radical (unpaired) electrons. The smallest absolute Gasteiger partial charge is 0.340 e. The largest absolute Gasteiger partial charge is 0.467 e. The molecular weight excluding hydrogens is 175 g/mol. The Morgan fingerprint density at radius 1 is 1.69 bits per heavy atom. The zero-order chi connectivity index (χ0) is 9.68. The number of alkyl halides is 1. The molecule has 1 rings (SSSR count). The summed E-state index contributed by atoms with van der Waals surface area (Å²) in [5.41, 5.74) is 0. The van der Waals surface area contributed by atoms with Crippen LogP contribution in [0, 0.1) is 0 Å². The van der Waals surface area contributed by atoms with Crippen LogP contribution in [0.1, 0.15) is 25.7 Å². The Morgan fingerprint density at radius 3 is 3.00 bits per heavy atom. The molecule has 0 saturated carbocycles. The fourth-order valence-electron chi connectivity index (χ4n) is 1.45. The Bertz CT molecular complexity index is 166. The van der Waals surface area contributed by atoms with Gasteiger partial charge in [-0.05, 0) is 19.3 Å². The van der Waals surface area contributed by atoms with Gasteiger partial charge in [-0.25, -0.2) is 9.18 Å². The van der Waals surface area contributed by atoms with Crippen LogP contribution in [-0.4, -0.2) is 32.0 Å². The SMILES string of the molecule is COC(=O)C(F)CC1CCCCO1. The lowest BCUT2D eigenvalue weighted by Crippen LogP contribution is -2.27. The number of esters is 1. The molecule has 2 atom stereocenters. The maximum Gasteiger partial charge on any atom is 0.340 e. The lowest BCUT2D eigenvalue weighted by molar-refractivity contribution is -0.148. The topological polar surface area (TPSA) is 35.5 Å². The van der Waals surface area contributed by atoms with E-state index in [0.717, 1.165) is 19.3 Å². The quantitative estimate of drug-likeness (QED) is 0.632. The number of ether oxygens (including phenoxy) is 2. The van der Waals surface area contributed by atoms with E-state index in [1.54, 1.807) is 0 Å². The minimum absolute atomic E-state index is 0.108. The minimum atomic E-state index is -1.53. The molecule has 0 aliphatic carbocycles. The number of hydrogen-bond donors (Lipinski definition) is 0. The third kappa shape index (κ3) is 3.30. The molecule has 0 aromatic heterocycles. The number of hydrogen-bond acceptors (Lipinski definition) is 3. The Hall–Kier alpha value is -0.640. The van der Waals surface area contributed by atoms with Crippen LogP contribution >= 0.6 is 0 Å². The molecule has 0 amide bonds. The summed E-state index contributed by atoms with van der Waals surface area (Å²) in [7, 11) is 1.19. The van der Waals surface area contributed by atoms with Gasteiger partial charge in [0, 0.05) is 13.0 Å². The van der Waals surface area contributed by atoms with Gasteiger partial charge in [0.2, 0.25) is 0 Å². The maximum absolute atomic E-state index is 13.0. The van der Waals surface area contributed by atoms with Crippen molar-refractivity contribution >= 4 is 5.97 Å². The molecule has 1 aliphatic rings. The van der Waals surface area contributed by atoms with Gasteiger partial charge in [-0.15, -0.1) is 0 Å². The van der Waals surface area contributed by atoms with Crippen molar-refractivity contribution in [1.29, 1.82) is 0 Å². The molecule has 3 nitrogen and oxygen atoms in total. The maximum atomic E-state index is 13.0. The fourth-order valence-corrected chi connectivity index (χ4v) is 1.45. The fraction of sp³-hybridized carbons (Fsp3) is 0.889. The van der Waals surface area contributed by atoms with Gasteiger partial charge < -0.3 is 9.47 Å². The minimum Gasteiger partial charge on any atom is -0.467 e. The first-order chi connectivity index (χ1) is 6.24. The zero-order valence-corrected chi connectivity index (χ0v) is 7.79. The van der Waals surface area contributed by atoms with Crippen molar-refractivity contribution < 1.29 is 18.7 Å². The summed E-state index contributed by atoms with van der Waals surface area (Å²) < 4.78 is 22.6. The monoisotopic (exact) mass is 190 g/mol. The van der Waals surface area contributed by atoms with E-state index in [9.17, 15) is 9.18 Å². The second-order valence-corrected chi connectivity index (χ2v) is 3.21. The molecule has 2 unspecified atom stereocenters. The third-order valence-electron chi connectivity index (χ3n) is 2.20. The summed E-state index contributed by atoms with van der Waals surface area (Å²) in [5.74, 6) is -0.797. The first kappa shape index (κ1) is 10.4. The van der Waals surface area contributed by atoms with Crippen molar-refractivity contribution in [3.05, 3.63) is 0 Å². The molecular formula is C9H15FO3. The highest BCUT2D eigenvalue weighted by molar-refractivity contribution is 5.74. The van der Waals surface area contributed by atoms with E-state index in [1.165, 1.54) is 7.11 Å². The Balaban J connectivity index is 2.25. The van der Waals surface area contributed by atoms with Gasteiger partial charge in [0.05, 0.1) is 13.2 Å². The van der Waals surface area contributed by atoms with Crippen LogP contribution in [0.5, 0.6) is 0 Å². The molecule has 1 fully saturated rings. The van der Waals surface area contributed by atoms with Crippen molar-refractivity contribution in [1.82, 2.24) is 0 Å². The third-order valence-corrected chi connectivity index (χ3v) is 2.20. The van der Waals surface area contributed by atoms with E-state index in [1.807, 2.05) is 0 Å². The average molecular weight is 190 g/mol. The van der Waals surface area contributed by atoms with E-state index in [2.05, 4.69) is 4.74 Å². The van der Waals surface area contributed by atoms with Crippen molar-refractivity contribution in [2.45, 2.75) is 38.0 Å². The van der Waals surface area contributed by atoms with E-state index in [-0.39, 0.29) is 12.5 Å². The van der Waals surface area contributed by atoms with Crippen LogP contribution < -0.4 is 0 Å². The van der Waals surface area contributed by atoms with E-state index >= 15 is 0 Å². The summed E-state index contributed by atoms with van der Waals surface area (Å²) in [6, 6.07) is 0. The van der Waals surface area contributed by atoms with Crippen molar-refractivity contribution in [3.8, 4) is 0 Å². The molecule has 4 heteroatoms. The molecule has 1 saturated heterocycles. The van der Waals surface area contributed by atoms with Gasteiger partial charge in [0.1, 0.15) is 0 Å². The predicted molar refractivity (Wildman–Crippen MR) is 45.1 cm³/mol. The van der Waals surface area contributed by atoms with Gasteiger partial charge in [-0.3, -0.25) is 0 Å². The molecule has 0 bridgehead atoms. The Labute approximate surface area is 77.2 Å². The number of rotatable bonds is 3. The standard InChI is InChI=1S/C9H15FO3/c1-12-9(11)8(10)6-7-4-2-3-5-13-7/h7-8H,2-6H2,1H3. The molecule has 13 heavy (non-hydrogen) atoms. The average Bonchev–Trinajstić information content (AvgIpc) is 2.18. The van der Waals surface area contributed by atoms with Gasteiger partial charge in [-0.2, -0.15) is 0 Å². The molecule has 0 aromatic carbocycles. The van der Waals surface area contributed by atoms with Gasteiger partial charge in [0.25, 0.3) is 0 Å². The lowest BCUT2D eigenvalue weighted by Gasteiger charge is -2.23. The Morgan fingerprint density at radius 2 is 2.46 bits per heavy atom. The van der Waals surface area contributed by atoms with E-state index < -0.39 is 12.1 Å². The summed E-state index contributed by atoms with van der Waals surface area (Å²) in [4.78, 5) is 10.7. The second-order valence-electron chi connectivity index (χ2n) is 3.21. The van der Waals surface area contributed by atoms with Crippen molar-refractivity contribution in [3.63, 3.8) is 0 Å². The first-order valence-corrected chi connectivity index (χ1v) is 4.57. The van der Waals surface area contributed by atoms with Crippen molar-refractivity contribution in [2.24, 2.45) is 0 Å². The summed E-state index contributed by atoms with van der Waals surface area (Å²) in [6.45, 7) is 0.679. The molecule has 1 aliphatic heterocycles. The molecule has 0 spiro atoms. The van der Waals surface area contributed by atoms with Gasteiger partial charge in [0.15, 0.2) is 6.17 Å². The van der Waals surface area contributed by atoms with E-state index in [4.69, 9.17) is 4.74 Å². The van der Waals surface area contributed by atoms with Crippen LogP contribution in [0.4, 0.5) is 4.39 Å². The highest BCUT2D eigenvalue weighted by Crippen LogP contribution is 2.18. The highest BCUT2D eigenvalue weighted by Gasteiger charge is 2.24. The zero-order valence-electron chi connectivity index (χ0n) is 7.79. The molecule has 76 valence electrons. The number of halogens is 1. The van der Waals surface area contributed by atoms with Crippen LogP contribution in [0.2, 0.25) is 0 Å². The second kappa shape index (κ2) is 5.17. The van der Waals surface area contributed by atoms with Crippen LogP contribution in [0.15, 0.2) is 0 Å². The summed E-state index contributed by atoms with van der Waals surface area (Å²) in [6.07, 6.45) is 1.42. The molecule has 0 aromatic rings. The van der Waals surface area contributed by atoms with Crippen LogP contribution in [-0.2, 0) is 14.3 Å².